The molecule has 12 nitrogen and oxygen atoms in total. The van der Waals surface area contributed by atoms with Gasteiger partial charge in [-0.15, -0.1) is 0 Å². The van der Waals surface area contributed by atoms with Gasteiger partial charge in [-0.3, -0.25) is 0 Å². The fraction of sp³-hybridized carbons (Fsp3) is 0.833. The molecule has 12 heteroatoms. The topological polar surface area (TPSA) is 236 Å². The number of rotatable bonds is 10. The Morgan fingerprint density at radius 2 is 0.792 bits per heavy atom. The second-order valence-electron chi connectivity index (χ2n) is 4.72. The maximum Gasteiger partial charge on any atom is 0.151 e. The van der Waals surface area contributed by atoms with Crippen LogP contribution in [0.4, 0.5) is 0 Å². The average Bonchev–Trinajstić information content (AvgIpc) is 2.62. The van der Waals surface area contributed by atoms with Gasteiger partial charge in [0.25, 0.3) is 0 Å². The molecule has 0 aromatic carbocycles. The second kappa shape index (κ2) is 13.3. The van der Waals surface area contributed by atoms with Crippen LogP contribution in [-0.4, -0.2) is 126 Å². The van der Waals surface area contributed by atoms with E-state index in [0.29, 0.717) is 0 Å². The molecular formula is C12H24O12. The largest absolute Gasteiger partial charge is 0.394 e. The number of carbonyl (C=O) groups excluding carboxylic acids is 2. The van der Waals surface area contributed by atoms with Crippen LogP contribution in [-0.2, 0) is 9.59 Å². The van der Waals surface area contributed by atoms with Crippen LogP contribution >= 0.6 is 0 Å². The van der Waals surface area contributed by atoms with Crippen LogP contribution in [0.3, 0.4) is 0 Å². The normalized spacial score (nSPS) is 21.1. The molecule has 10 N–H and O–H groups in total. The van der Waals surface area contributed by atoms with Crippen molar-refractivity contribution in [3.8, 4) is 0 Å². The van der Waals surface area contributed by atoms with Crippen molar-refractivity contribution in [2.75, 3.05) is 13.2 Å². The highest BCUT2D eigenvalue weighted by atomic mass is 16.4. The van der Waals surface area contributed by atoms with E-state index in [1.54, 1.807) is 0 Å². The summed E-state index contributed by atoms with van der Waals surface area (Å²) in [6.07, 6.45) is -13.7. The van der Waals surface area contributed by atoms with Gasteiger partial charge in [0.1, 0.15) is 48.8 Å². The van der Waals surface area contributed by atoms with Crippen LogP contribution in [0.1, 0.15) is 0 Å². The van der Waals surface area contributed by atoms with Crippen molar-refractivity contribution in [2.45, 2.75) is 48.8 Å². The van der Waals surface area contributed by atoms with Crippen LogP contribution < -0.4 is 0 Å². The van der Waals surface area contributed by atoms with Crippen LogP contribution in [0.25, 0.3) is 0 Å². The Balaban J connectivity index is 0. The predicted molar refractivity (Wildman–Crippen MR) is 74.4 cm³/mol. The van der Waals surface area contributed by atoms with E-state index in [1.165, 1.54) is 0 Å². The Hall–Kier alpha value is -1.06. The molecular weight excluding hydrogens is 336 g/mol. The number of hydrogen-bond donors (Lipinski definition) is 10. The van der Waals surface area contributed by atoms with E-state index < -0.39 is 62.0 Å². The van der Waals surface area contributed by atoms with Gasteiger partial charge in [-0.2, -0.15) is 0 Å². The van der Waals surface area contributed by atoms with E-state index in [1.807, 2.05) is 0 Å². The number of aldehydes is 2. The van der Waals surface area contributed by atoms with Gasteiger partial charge in [-0.1, -0.05) is 0 Å². The quantitative estimate of drug-likeness (QED) is 0.164. The van der Waals surface area contributed by atoms with E-state index in [4.69, 9.17) is 51.1 Å². The Morgan fingerprint density at radius 3 is 0.958 bits per heavy atom. The van der Waals surface area contributed by atoms with Gasteiger partial charge in [-0.05, 0) is 0 Å². The molecule has 0 aromatic heterocycles. The molecule has 0 heterocycles. The minimum atomic E-state index is -1.79. The smallest absolute Gasteiger partial charge is 0.151 e. The molecule has 0 saturated heterocycles. The van der Waals surface area contributed by atoms with Crippen LogP contribution in [0.5, 0.6) is 0 Å². The van der Waals surface area contributed by atoms with Crippen molar-refractivity contribution in [3.05, 3.63) is 0 Å². The van der Waals surface area contributed by atoms with Crippen LogP contribution in [0.15, 0.2) is 0 Å². The van der Waals surface area contributed by atoms with E-state index in [-0.39, 0.29) is 12.6 Å². The molecule has 0 bridgehead atoms. The van der Waals surface area contributed by atoms with E-state index in [2.05, 4.69) is 0 Å². The van der Waals surface area contributed by atoms with E-state index in [0.717, 1.165) is 0 Å². The molecule has 24 heavy (non-hydrogen) atoms. The lowest BCUT2D eigenvalue weighted by atomic mass is 10.0. The van der Waals surface area contributed by atoms with Gasteiger partial charge >= 0.3 is 0 Å². The molecule has 144 valence electrons. The van der Waals surface area contributed by atoms with Gasteiger partial charge < -0.3 is 60.7 Å². The van der Waals surface area contributed by atoms with Crippen molar-refractivity contribution >= 4 is 12.6 Å². The first-order valence-electron chi connectivity index (χ1n) is 6.65. The summed E-state index contributed by atoms with van der Waals surface area (Å²) in [7, 11) is 0. The minimum Gasteiger partial charge on any atom is -0.394 e. The third kappa shape index (κ3) is 8.70. The van der Waals surface area contributed by atoms with E-state index >= 15 is 0 Å². The number of hydrogen-bond acceptors (Lipinski definition) is 12. The Morgan fingerprint density at radius 1 is 0.542 bits per heavy atom. The first kappa shape index (κ1) is 25.2. The summed E-state index contributed by atoms with van der Waals surface area (Å²) in [6.45, 7) is -1.52. The standard InChI is InChI=1S/2C6H12O6/c2*7-1-3(9)5(11)6(12)4(10)2-8/h2*1,3-6,8-12H,2H2/t2*3-,4-,5+,6+/m11/s1. The lowest BCUT2D eigenvalue weighted by Gasteiger charge is -2.22. The molecule has 0 aromatic rings. The zero-order valence-corrected chi connectivity index (χ0v) is 12.5. The zero-order chi connectivity index (χ0) is 19.4. The summed E-state index contributed by atoms with van der Waals surface area (Å²) in [4.78, 5) is 19.8. The van der Waals surface area contributed by atoms with Gasteiger partial charge in [-0.25, -0.2) is 0 Å². The number of aliphatic hydroxyl groups is 10. The van der Waals surface area contributed by atoms with Crippen LogP contribution in [0, 0.1) is 0 Å². The second-order valence-corrected chi connectivity index (χ2v) is 4.72. The van der Waals surface area contributed by atoms with Gasteiger partial charge in [0.2, 0.25) is 0 Å². The molecule has 0 rings (SSSR count). The molecule has 0 aliphatic rings. The molecule has 8 atom stereocenters. The number of aliphatic hydroxyl groups excluding tert-OH is 10. The highest BCUT2D eigenvalue weighted by Crippen LogP contribution is 2.03. The molecule has 0 saturated carbocycles. The van der Waals surface area contributed by atoms with Crippen molar-refractivity contribution in [3.63, 3.8) is 0 Å². The summed E-state index contributed by atoms with van der Waals surface area (Å²) in [5.74, 6) is 0. The van der Waals surface area contributed by atoms with Gasteiger partial charge in [0.15, 0.2) is 12.6 Å². The van der Waals surface area contributed by atoms with Crippen molar-refractivity contribution in [1.29, 1.82) is 0 Å². The monoisotopic (exact) mass is 360 g/mol. The summed E-state index contributed by atoms with van der Waals surface area (Å²) in [6, 6.07) is 0. The fourth-order valence-electron chi connectivity index (χ4n) is 1.24. The summed E-state index contributed by atoms with van der Waals surface area (Å²) in [5.41, 5.74) is 0. The number of carbonyl (C=O) groups is 2. The molecule has 0 aliphatic carbocycles. The fourth-order valence-corrected chi connectivity index (χ4v) is 1.24. The molecule has 0 fully saturated rings. The molecule has 0 radical (unpaired) electrons. The average molecular weight is 360 g/mol. The first-order chi connectivity index (χ1) is 11.1. The predicted octanol–water partition coefficient (Wildman–Crippen LogP) is -6.76. The lowest BCUT2D eigenvalue weighted by Crippen LogP contribution is -2.46. The van der Waals surface area contributed by atoms with Crippen LogP contribution in [0.2, 0.25) is 0 Å². The lowest BCUT2D eigenvalue weighted by molar-refractivity contribution is -0.136. The Kier molecular flexibility index (Phi) is 13.9. The third-order valence-electron chi connectivity index (χ3n) is 2.84. The highest BCUT2D eigenvalue weighted by molar-refractivity contribution is 5.57. The maximum atomic E-state index is 9.90. The minimum absolute atomic E-state index is 0.0258. The van der Waals surface area contributed by atoms with Gasteiger partial charge in [0, 0.05) is 0 Å². The molecule has 0 unspecified atom stereocenters. The first-order valence-corrected chi connectivity index (χ1v) is 6.65. The van der Waals surface area contributed by atoms with Crippen molar-refractivity contribution < 1.29 is 60.7 Å². The summed E-state index contributed by atoms with van der Waals surface area (Å²) >= 11 is 0. The maximum absolute atomic E-state index is 9.90. The van der Waals surface area contributed by atoms with E-state index in [9.17, 15) is 9.59 Å². The third-order valence-corrected chi connectivity index (χ3v) is 2.84. The van der Waals surface area contributed by atoms with Gasteiger partial charge in [0.05, 0.1) is 13.2 Å². The highest BCUT2D eigenvalue weighted by Gasteiger charge is 2.30. The molecule has 0 spiro atoms. The SMILES string of the molecule is O=C[C@@H](O)[C@H](O)[C@@H](O)[C@H](O)CO.O=C[C@@H](O)[C@H](O)[C@@H](O)[C@H](O)CO. The Labute approximate surface area is 136 Å². The summed E-state index contributed by atoms with van der Waals surface area (Å²) in [5, 5.41) is 87.1. The zero-order valence-electron chi connectivity index (χ0n) is 12.5. The van der Waals surface area contributed by atoms with Crippen molar-refractivity contribution in [1.82, 2.24) is 0 Å². The molecule has 0 aliphatic heterocycles. The molecule has 0 amide bonds. The Bertz CT molecular complexity index is 308. The summed E-state index contributed by atoms with van der Waals surface area (Å²) < 4.78 is 0. The van der Waals surface area contributed by atoms with Crippen molar-refractivity contribution in [2.24, 2.45) is 0 Å².